The molecule has 0 unspecified atom stereocenters. The molecule has 0 radical (unpaired) electrons. The number of carboxylic acid groups (broad SMARTS) is 1. The molecule has 8 nitrogen and oxygen atoms in total. The fourth-order valence-electron chi connectivity index (χ4n) is 1.80. The zero-order valence-electron chi connectivity index (χ0n) is 11.2. The molecule has 0 fully saturated rings. The van der Waals surface area contributed by atoms with Gasteiger partial charge in [0.05, 0.1) is 5.69 Å². The zero-order chi connectivity index (χ0) is 15.2. The second-order valence-electron chi connectivity index (χ2n) is 4.60. The number of unbranched alkanes of at least 4 members (excludes halogenated alkanes) is 1. The third-order valence-corrected chi connectivity index (χ3v) is 2.84. The molecule has 2 heterocycles. The Morgan fingerprint density at radius 2 is 2.19 bits per heavy atom. The van der Waals surface area contributed by atoms with Crippen LogP contribution in [0.25, 0.3) is 0 Å². The third-order valence-electron chi connectivity index (χ3n) is 2.84. The molecule has 0 spiro atoms. The maximum Gasteiger partial charge on any atom is 0.303 e. The largest absolute Gasteiger partial charge is 0.502 e. The normalized spacial score (nSPS) is 10.7. The van der Waals surface area contributed by atoms with Crippen molar-refractivity contribution in [2.45, 2.75) is 32.2 Å². The van der Waals surface area contributed by atoms with Gasteiger partial charge in [-0.2, -0.15) is 0 Å². The summed E-state index contributed by atoms with van der Waals surface area (Å²) < 4.78 is 6.59. The van der Waals surface area contributed by atoms with E-state index >= 15 is 0 Å². The molecule has 2 aromatic heterocycles. The van der Waals surface area contributed by atoms with Crippen LogP contribution in [0, 0.1) is 0 Å². The van der Waals surface area contributed by atoms with Crippen molar-refractivity contribution in [1.82, 2.24) is 15.0 Å². The Kier molecular flexibility index (Phi) is 4.70. The number of aryl methyl sites for hydroxylation is 1. The molecule has 0 saturated heterocycles. The van der Waals surface area contributed by atoms with E-state index in [0.29, 0.717) is 18.6 Å². The van der Waals surface area contributed by atoms with Crippen LogP contribution in [0.1, 0.15) is 30.7 Å². The van der Waals surface area contributed by atoms with Gasteiger partial charge in [0.2, 0.25) is 5.43 Å². The van der Waals surface area contributed by atoms with Gasteiger partial charge in [-0.25, -0.2) is 4.68 Å². The van der Waals surface area contributed by atoms with Crippen LogP contribution in [0.5, 0.6) is 5.75 Å². The molecule has 21 heavy (non-hydrogen) atoms. The summed E-state index contributed by atoms with van der Waals surface area (Å²) in [4.78, 5) is 21.6. The molecular formula is C13H15N3O5. The molecule has 0 saturated carbocycles. The van der Waals surface area contributed by atoms with Crippen molar-refractivity contribution in [3.63, 3.8) is 0 Å². The topological polar surface area (TPSA) is 118 Å². The monoisotopic (exact) mass is 293 g/mol. The van der Waals surface area contributed by atoms with Gasteiger partial charge in [0, 0.05) is 18.7 Å². The number of carboxylic acids is 1. The predicted molar refractivity (Wildman–Crippen MR) is 71.0 cm³/mol. The lowest BCUT2D eigenvalue weighted by Crippen LogP contribution is -2.05. The average Bonchev–Trinajstić information content (AvgIpc) is 2.86. The van der Waals surface area contributed by atoms with Crippen LogP contribution in [-0.4, -0.2) is 31.2 Å². The van der Waals surface area contributed by atoms with Crippen LogP contribution in [0.15, 0.2) is 27.7 Å². The molecule has 0 aromatic carbocycles. The van der Waals surface area contributed by atoms with Crippen LogP contribution in [0.2, 0.25) is 0 Å². The van der Waals surface area contributed by atoms with Crippen molar-refractivity contribution < 1.29 is 19.4 Å². The summed E-state index contributed by atoms with van der Waals surface area (Å²) in [6.07, 6.45) is 4.81. The smallest absolute Gasteiger partial charge is 0.303 e. The van der Waals surface area contributed by atoms with Gasteiger partial charge >= 0.3 is 5.97 Å². The van der Waals surface area contributed by atoms with Crippen LogP contribution < -0.4 is 5.43 Å². The van der Waals surface area contributed by atoms with Crippen molar-refractivity contribution in [1.29, 1.82) is 0 Å². The summed E-state index contributed by atoms with van der Waals surface area (Å²) in [7, 11) is 0. The Morgan fingerprint density at radius 1 is 1.38 bits per heavy atom. The van der Waals surface area contributed by atoms with Crippen LogP contribution in [0.3, 0.4) is 0 Å². The molecule has 112 valence electrons. The number of aliphatic carboxylic acids is 1. The molecular weight excluding hydrogens is 278 g/mol. The molecule has 0 aliphatic rings. The molecule has 0 aliphatic heterocycles. The lowest BCUT2D eigenvalue weighted by atomic mass is 10.1. The van der Waals surface area contributed by atoms with E-state index in [2.05, 4.69) is 10.3 Å². The number of rotatable bonds is 7. The lowest BCUT2D eigenvalue weighted by Gasteiger charge is -1.99. The lowest BCUT2D eigenvalue weighted by molar-refractivity contribution is -0.137. The average molecular weight is 293 g/mol. The van der Waals surface area contributed by atoms with Crippen LogP contribution in [-0.2, 0) is 17.8 Å². The van der Waals surface area contributed by atoms with Gasteiger partial charge in [0.1, 0.15) is 18.6 Å². The fraction of sp³-hybridized carbons (Fsp3) is 0.385. The number of carbonyl (C=O) groups is 1. The van der Waals surface area contributed by atoms with Gasteiger partial charge in [-0.05, 0) is 19.3 Å². The Bertz CT molecular complexity index is 676. The number of aromatic hydroxyl groups is 1. The Hall–Kier alpha value is -2.64. The SMILES string of the molecule is O=C(O)CCCCc1cn(Cc2cc(=O)c(O)co2)nn1. The molecule has 0 amide bonds. The van der Waals surface area contributed by atoms with E-state index in [4.69, 9.17) is 14.6 Å². The molecule has 0 atom stereocenters. The zero-order valence-corrected chi connectivity index (χ0v) is 11.2. The first kappa shape index (κ1) is 14.8. The van der Waals surface area contributed by atoms with Crippen molar-refractivity contribution in [3.8, 4) is 5.75 Å². The summed E-state index contributed by atoms with van der Waals surface area (Å²) >= 11 is 0. The van der Waals surface area contributed by atoms with Gasteiger partial charge in [0.25, 0.3) is 0 Å². The maximum absolute atomic E-state index is 11.3. The Balaban J connectivity index is 1.89. The highest BCUT2D eigenvalue weighted by Gasteiger charge is 2.06. The standard InChI is InChI=1S/C13H15N3O5/c17-11-5-10(21-8-12(11)18)7-16-6-9(14-15-16)3-1-2-4-13(19)20/h5-6,8,18H,1-4,7H2,(H,19,20). The number of hydrogen-bond acceptors (Lipinski definition) is 6. The summed E-state index contributed by atoms with van der Waals surface area (Å²) in [5.41, 5.74) is 0.242. The highest BCUT2D eigenvalue weighted by molar-refractivity contribution is 5.66. The van der Waals surface area contributed by atoms with Crippen molar-refractivity contribution in [2.75, 3.05) is 0 Å². The number of hydrogen-bond donors (Lipinski definition) is 2. The minimum Gasteiger partial charge on any atom is -0.502 e. The molecule has 8 heteroatoms. The number of aromatic nitrogens is 3. The third kappa shape index (κ3) is 4.44. The van der Waals surface area contributed by atoms with Crippen LogP contribution >= 0.6 is 0 Å². The predicted octanol–water partition coefficient (Wildman–Crippen LogP) is 0.783. The minimum absolute atomic E-state index is 0.146. The van der Waals surface area contributed by atoms with E-state index in [9.17, 15) is 9.59 Å². The highest BCUT2D eigenvalue weighted by Crippen LogP contribution is 2.07. The first-order valence-corrected chi connectivity index (χ1v) is 6.46. The van der Waals surface area contributed by atoms with Crippen LogP contribution in [0.4, 0.5) is 0 Å². The van der Waals surface area contributed by atoms with Gasteiger partial charge in [-0.1, -0.05) is 5.21 Å². The van der Waals surface area contributed by atoms with Crippen molar-refractivity contribution in [3.05, 3.63) is 40.2 Å². The fourth-order valence-corrected chi connectivity index (χ4v) is 1.80. The summed E-state index contributed by atoms with van der Waals surface area (Å²) in [5, 5.41) is 25.5. The van der Waals surface area contributed by atoms with E-state index in [0.717, 1.165) is 18.4 Å². The van der Waals surface area contributed by atoms with E-state index in [-0.39, 0.29) is 13.0 Å². The molecule has 0 aliphatic carbocycles. The maximum atomic E-state index is 11.3. The highest BCUT2D eigenvalue weighted by atomic mass is 16.4. The molecule has 2 N–H and O–H groups in total. The summed E-state index contributed by atoms with van der Waals surface area (Å²) in [6, 6.07) is 1.20. The summed E-state index contributed by atoms with van der Waals surface area (Å²) in [5.74, 6) is -0.877. The Labute approximate surface area is 119 Å². The molecule has 0 bridgehead atoms. The molecule has 2 rings (SSSR count). The van der Waals surface area contributed by atoms with E-state index in [1.807, 2.05) is 0 Å². The van der Waals surface area contributed by atoms with Gasteiger partial charge in [-0.3, -0.25) is 9.59 Å². The first-order chi connectivity index (χ1) is 10.0. The minimum atomic E-state index is -0.805. The van der Waals surface area contributed by atoms with Gasteiger partial charge in [-0.15, -0.1) is 5.10 Å². The summed E-state index contributed by atoms with van der Waals surface area (Å²) in [6.45, 7) is 0.234. The van der Waals surface area contributed by atoms with Gasteiger partial charge < -0.3 is 14.6 Å². The Morgan fingerprint density at radius 3 is 2.90 bits per heavy atom. The van der Waals surface area contributed by atoms with Crippen molar-refractivity contribution >= 4 is 5.97 Å². The van der Waals surface area contributed by atoms with Crippen molar-refractivity contribution in [2.24, 2.45) is 0 Å². The molecule has 2 aromatic rings. The second kappa shape index (κ2) is 6.69. The first-order valence-electron chi connectivity index (χ1n) is 6.46. The second-order valence-corrected chi connectivity index (χ2v) is 4.60. The van der Waals surface area contributed by atoms with E-state index < -0.39 is 17.1 Å². The van der Waals surface area contributed by atoms with E-state index in [1.165, 1.54) is 10.7 Å². The van der Waals surface area contributed by atoms with Gasteiger partial charge in [0.15, 0.2) is 5.75 Å². The van der Waals surface area contributed by atoms with E-state index in [1.54, 1.807) is 6.20 Å². The number of nitrogens with zero attached hydrogens (tertiary/aromatic N) is 3. The quantitative estimate of drug-likeness (QED) is 0.724.